The van der Waals surface area contributed by atoms with Gasteiger partial charge in [0.25, 0.3) is 0 Å². The number of hydrogen-bond acceptors (Lipinski definition) is 3. The summed E-state index contributed by atoms with van der Waals surface area (Å²) in [7, 11) is 0. The second kappa shape index (κ2) is 7.76. The van der Waals surface area contributed by atoms with Gasteiger partial charge in [0.15, 0.2) is 0 Å². The standard InChI is InChI=1S/C14H15BrCl2N2S/c1-2-5-18-12(11-7-13(16)20-14(11)17)6-10-4-3-9(15)8-19-10/h3-4,7-8,12,18H,2,5-6H2,1H3. The Balaban J connectivity index is 2.19. The van der Waals surface area contributed by atoms with E-state index in [1.54, 1.807) is 0 Å². The molecule has 0 bridgehead atoms. The van der Waals surface area contributed by atoms with Crippen LogP contribution in [0, 0.1) is 0 Å². The van der Waals surface area contributed by atoms with Crippen molar-refractivity contribution < 1.29 is 0 Å². The topological polar surface area (TPSA) is 24.9 Å². The van der Waals surface area contributed by atoms with Crippen LogP contribution in [0.5, 0.6) is 0 Å². The molecule has 6 heteroatoms. The average Bonchev–Trinajstić information content (AvgIpc) is 2.76. The molecule has 2 aromatic heterocycles. The van der Waals surface area contributed by atoms with Crippen LogP contribution in [0.2, 0.25) is 8.67 Å². The van der Waals surface area contributed by atoms with E-state index >= 15 is 0 Å². The lowest BCUT2D eigenvalue weighted by Crippen LogP contribution is -2.24. The SMILES string of the molecule is CCCNC(Cc1ccc(Br)cn1)c1cc(Cl)sc1Cl. The molecule has 2 aromatic rings. The molecule has 2 nitrogen and oxygen atoms in total. The van der Waals surface area contributed by atoms with E-state index in [0.29, 0.717) is 0 Å². The van der Waals surface area contributed by atoms with E-state index in [4.69, 9.17) is 23.2 Å². The van der Waals surface area contributed by atoms with E-state index < -0.39 is 0 Å². The summed E-state index contributed by atoms with van der Waals surface area (Å²) >= 11 is 17.1. The molecule has 0 saturated carbocycles. The largest absolute Gasteiger partial charge is 0.310 e. The third-order valence-electron chi connectivity index (χ3n) is 2.90. The number of nitrogens with one attached hydrogen (secondary N) is 1. The molecule has 0 aliphatic rings. The molecule has 2 rings (SSSR count). The van der Waals surface area contributed by atoms with Crippen molar-refractivity contribution in [2.45, 2.75) is 25.8 Å². The molecule has 2 heterocycles. The van der Waals surface area contributed by atoms with Crippen LogP contribution < -0.4 is 5.32 Å². The van der Waals surface area contributed by atoms with E-state index in [0.717, 1.165) is 43.8 Å². The summed E-state index contributed by atoms with van der Waals surface area (Å²) in [6.45, 7) is 3.08. The molecule has 0 amide bonds. The third kappa shape index (κ3) is 4.43. The Morgan fingerprint density at radius 2 is 2.20 bits per heavy atom. The van der Waals surface area contributed by atoms with Crippen molar-refractivity contribution in [2.24, 2.45) is 0 Å². The third-order valence-corrected chi connectivity index (χ3v) is 4.89. The molecule has 0 radical (unpaired) electrons. The minimum Gasteiger partial charge on any atom is -0.310 e. The monoisotopic (exact) mass is 392 g/mol. The van der Waals surface area contributed by atoms with E-state index in [9.17, 15) is 0 Å². The minimum absolute atomic E-state index is 0.139. The number of rotatable bonds is 6. The van der Waals surface area contributed by atoms with Gasteiger partial charge >= 0.3 is 0 Å². The molecule has 108 valence electrons. The van der Waals surface area contributed by atoms with Crippen LogP contribution in [0.15, 0.2) is 28.9 Å². The second-order valence-corrected chi connectivity index (χ2v) is 7.66. The van der Waals surface area contributed by atoms with Crippen molar-refractivity contribution in [1.82, 2.24) is 10.3 Å². The molecule has 1 unspecified atom stereocenters. The minimum atomic E-state index is 0.139. The maximum absolute atomic E-state index is 6.28. The molecule has 20 heavy (non-hydrogen) atoms. The molecule has 1 atom stereocenters. The Bertz CT molecular complexity index is 557. The zero-order chi connectivity index (χ0) is 14.5. The fraction of sp³-hybridized carbons (Fsp3) is 0.357. The number of nitrogens with zero attached hydrogens (tertiary/aromatic N) is 1. The fourth-order valence-corrected chi connectivity index (χ4v) is 3.75. The van der Waals surface area contributed by atoms with Gasteiger partial charge in [0, 0.05) is 34.4 Å². The zero-order valence-electron chi connectivity index (χ0n) is 11.0. The zero-order valence-corrected chi connectivity index (χ0v) is 14.9. The Hall–Kier alpha value is -0.130. The van der Waals surface area contributed by atoms with Gasteiger partial charge in [-0.3, -0.25) is 4.98 Å². The summed E-state index contributed by atoms with van der Waals surface area (Å²) in [5, 5.41) is 3.51. The lowest BCUT2D eigenvalue weighted by molar-refractivity contribution is 0.526. The molecule has 0 aromatic carbocycles. The average molecular weight is 394 g/mol. The van der Waals surface area contributed by atoms with Crippen molar-refractivity contribution in [3.63, 3.8) is 0 Å². The van der Waals surface area contributed by atoms with Crippen molar-refractivity contribution >= 4 is 50.5 Å². The van der Waals surface area contributed by atoms with Gasteiger partial charge in [-0.05, 0) is 47.1 Å². The number of aromatic nitrogens is 1. The number of thiophene rings is 1. The van der Waals surface area contributed by atoms with Gasteiger partial charge in [-0.15, -0.1) is 11.3 Å². The van der Waals surface area contributed by atoms with Crippen LogP contribution in [-0.2, 0) is 6.42 Å². The van der Waals surface area contributed by atoms with Crippen molar-refractivity contribution in [2.75, 3.05) is 6.54 Å². The van der Waals surface area contributed by atoms with Crippen molar-refractivity contribution in [3.05, 3.63) is 48.8 Å². The highest BCUT2D eigenvalue weighted by atomic mass is 79.9. The number of hydrogen-bond donors (Lipinski definition) is 1. The van der Waals surface area contributed by atoms with E-state index in [1.807, 2.05) is 24.4 Å². The van der Waals surface area contributed by atoms with Gasteiger partial charge in [-0.25, -0.2) is 0 Å². The van der Waals surface area contributed by atoms with Crippen LogP contribution in [0.4, 0.5) is 0 Å². The highest BCUT2D eigenvalue weighted by Crippen LogP contribution is 2.36. The molecule has 0 fully saturated rings. The Kier molecular flexibility index (Phi) is 6.30. The fourth-order valence-electron chi connectivity index (χ4n) is 1.94. The summed E-state index contributed by atoms with van der Waals surface area (Å²) in [6, 6.07) is 6.11. The van der Waals surface area contributed by atoms with E-state index in [-0.39, 0.29) is 6.04 Å². The molecular weight excluding hydrogens is 379 g/mol. The van der Waals surface area contributed by atoms with Crippen LogP contribution in [0.25, 0.3) is 0 Å². The lowest BCUT2D eigenvalue weighted by Gasteiger charge is -2.18. The smallest absolute Gasteiger partial charge is 0.0992 e. The van der Waals surface area contributed by atoms with Gasteiger partial charge in [-0.2, -0.15) is 0 Å². The van der Waals surface area contributed by atoms with Gasteiger partial charge in [0.1, 0.15) is 0 Å². The van der Waals surface area contributed by atoms with E-state index in [2.05, 4.69) is 33.2 Å². The first kappa shape index (κ1) is 16.2. The predicted molar refractivity (Wildman–Crippen MR) is 91.0 cm³/mol. The quantitative estimate of drug-likeness (QED) is 0.701. The van der Waals surface area contributed by atoms with E-state index in [1.165, 1.54) is 11.3 Å². The van der Waals surface area contributed by atoms with Crippen LogP contribution >= 0.6 is 50.5 Å². The number of pyridine rings is 1. The van der Waals surface area contributed by atoms with Crippen molar-refractivity contribution in [3.8, 4) is 0 Å². The summed E-state index contributed by atoms with van der Waals surface area (Å²) in [5.74, 6) is 0. The maximum atomic E-state index is 6.28. The Morgan fingerprint density at radius 1 is 1.40 bits per heavy atom. The predicted octanol–water partition coefficient (Wildman–Crippen LogP) is 5.50. The summed E-state index contributed by atoms with van der Waals surface area (Å²) < 4.78 is 2.45. The molecule has 0 aliphatic heterocycles. The second-order valence-electron chi connectivity index (χ2n) is 4.46. The van der Waals surface area contributed by atoms with Crippen LogP contribution in [0.1, 0.15) is 30.6 Å². The highest BCUT2D eigenvalue weighted by molar-refractivity contribution is 9.10. The molecule has 0 spiro atoms. The maximum Gasteiger partial charge on any atom is 0.0992 e. The summed E-state index contributed by atoms with van der Waals surface area (Å²) in [5.41, 5.74) is 2.08. The van der Waals surface area contributed by atoms with Gasteiger partial charge < -0.3 is 5.32 Å². The van der Waals surface area contributed by atoms with Gasteiger partial charge in [0.05, 0.1) is 8.67 Å². The first-order valence-corrected chi connectivity index (χ1v) is 8.75. The Morgan fingerprint density at radius 3 is 2.75 bits per heavy atom. The lowest BCUT2D eigenvalue weighted by atomic mass is 10.0. The first-order chi connectivity index (χ1) is 9.60. The molecular formula is C14H15BrCl2N2S. The first-order valence-electron chi connectivity index (χ1n) is 6.38. The van der Waals surface area contributed by atoms with Crippen LogP contribution in [-0.4, -0.2) is 11.5 Å². The van der Waals surface area contributed by atoms with Crippen LogP contribution in [0.3, 0.4) is 0 Å². The summed E-state index contributed by atoms with van der Waals surface area (Å²) in [4.78, 5) is 4.43. The number of halogens is 3. The highest BCUT2D eigenvalue weighted by Gasteiger charge is 2.18. The molecule has 0 aliphatic carbocycles. The normalized spacial score (nSPS) is 12.6. The van der Waals surface area contributed by atoms with Gasteiger partial charge in [-0.1, -0.05) is 30.1 Å². The molecule has 0 saturated heterocycles. The summed E-state index contributed by atoms with van der Waals surface area (Å²) in [6.07, 6.45) is 3.67. The Labute approximate surface area is 141 Å². The molecule has 1 N–H and O–H groups in total. The van der Waals surface area contributed by atoms with Crippen molar-refractivity contribution in [1.29, 1.82) is 0 Å². The van der Waals surface area contributed by atoms with Gasteiger partial charge in [0.2, 0.25) is 0 Å².